The Labute approximate surface area is 113 Å². The first-order chi connectivity index (χ1) is 8.50. The van der Waals surface area contributed by atoms with Crippen molar-refractivity contribution < 1.29 is 9.18 Å². The Kier molecular flexibility index (Phi) is 6.19. The molecule has 0 saturated heterocycles. The summed E-state index contributed by atoms with van der Waals surface area (Å²) >= 11 is 3.95. The molecule has 0 heterocycles. The fourth-order valence-electron chi connectivity index (χ4n) is 1.64. The first-order valence-electron chi connectivity index (χ1n) is 6.27. The number of nitrogens with one attached hydrogen (secondary N) is 1. The van der Waals surface area contributed by atoms with Gasteiger partial charge in [-0.15, -0.1) is 12.6 Å². The van der Waals surface area contributed by atoms with Crippen molar-refractivity contribution in [3.8, 4) is 0 Å². The summed E-state index contributed by atoms with van der Waals surface area (Å²) in [6, 6.07) is 4.18. The van der Waals surface area contributed by atoms with Crippen LogP contribution in [0.4, 0.5) is 4.39 Å². The number of thiol groups is 1. The molecule has 0 fully saturated rings. The van der Waals surface area contributed by atoms with Gasteiger partial charge in [0.25, 0.3) is 5.91 Å². The lowest BCUT2D eigenvalue weighted by molar-refractivity contribution is 0.0952. The molecular weight excluding hydrogens is 249 g/mol. The van der Waals surface area contributed by atoms with Crippen LogP contribution in [0.3, 0.4) is 0 Å². The van der Waals surface area contributed by atoms with E-state index < -0.39 is 5.82 Å². The first-order valence-corrected chi connectivity index (χ1v) is 6.72. The van der Waals surface area contributed by atoms with Crippen LogP contribution in [0, 0.1) is 11.7 Å². The molecule has 0 saturated carbocycles. The SMILES string of the molecule is CC(C)CCCCNC(=O)c1ccc(F)c(S)c1. The average Bonchev–Trinajstić information content (AvgIpc) is 2.31. The van der Waals surface area contributed by atoms with Gasteiger partial charge in [0.1, 0.15) is 5.82 Å². The van der Waals surface area contributed by atoms with Crippen molar-refractivity contribution in [1.82, 2.24) is 5.32 Å². The standard InChI is InChI=1S/C14H20FNOS/c1-10(2)5-3-4-8-16-14(17)11-6-7-12(15)13(18)9-11/h6-7,9-10,18H,3-5,8H2,1-2H3,(H,16,17). The Balaban J connectivity index is 2.34. The van der Waals surface area contributed by atoms with E-state index in [-0.39, 0.29) is 10.8 Å². The molecule has 0 aliphatic heterocycles. The Morgan fingerprint density at radius 1 is 1.39 bits per heavy atom. The van der Waals surface area contributed by atoms with Crippen LogP contribution in [0.15, 0.2) is 23.1 Å². The fourth-order valence-corrected chi connectivity index (χ4v) is 1.85. The van der Waals surface area contributed by atoms with Gasteiger partial charge >= 0.3 is 0 Å². The van der Waals surface area contributed by atoms with E-state index in [1.807, 2.05) is 0 Å². The highest BCUT2D eigenvalue weighted by atomic mass is 32.1. The van der Waals surface area contributed by atoms with Crippen molar-refractivity contribution in [1.29, 1.82) is 0 Å². The van der Waals surface area contributed by atoms with Crippen molar-refractivity contribution in [2.75, 3.05) is 6.54 Å². The number of hydrogen-bond acceptors (Lipinski definition) is 2. The van der Waals surface area contributed by atoms with Gasteiger partial charge in [-0.1, -0.05) is 26.7 Å². The molecule has 2 nitrogen and oxygen atoms in total. The molecule has 4 heteroatoms. The van der Waals surface area contributed by atoms with Crippen molar-refractivity contribution in [2.45, 2.75) is 38.0 Å². The largest absolute Gasteiger partial charge is 0.352 e. The zero-order chi connectivity index (χ0) is 13.5. The smallest absolute Gasteiger partial charge is 0.251 e. The Bertz CT molecular complexity index is 407. The maximum Gasteiger partial charge on any atom is 0.251 e. The minimum Gasteiger partial charge on any atom is -0.352 e. The summed E-state index contributed by atoms with van der Waals surface area (Å²) in [5.74, 6) is 0.117. The van der Waals surface area contributed by atoms with E-state index in [0.717, 1.165) is 12.8 Å². The number of hydrogen-bond donors (Lipinski definition) is 2. The number of carbonyl (C=O) groups excluding carboxylic acids is 1. The molecular formula is C14H20FNOS. The summed E-state index contributed by atoms with van der Waals surface area (Å²) in [4.78, 5) is 11.9. The van der Waals surface area contributed by atoms with Crippen molar-refractivity contribution in [2.24, 2.45) is 5.92 Å². The number of benzene rings is 1. The lowest BCUT2D eigenvalue weighted by Crippen LogP contribution is -2.24. The predicted octanol–water partition coefficient (Wildman–Crippen LogP) is 3.67. The van der Waals surface area contributed by atoms with Gasteiger partial charge < -0.3 is 5.32 Å². The summed E-state index contributed by atoms with van der Waals surface area (Å²) in [6.07, 6.45) is 3.26. The molecule has 0 aliphatic rings. The number of halogens is 1. The molecule has 0 unspecified atom stereocenters. The van der Waals surface area contributed by atoms with E-state index in [4.69, 9.17) is 0 Å². The molecule has 0 bridgehead atoms. The highest BCUT2D eigenvalue weighted by Crippen LogP contribution is 2.14. The summed E-state index contributed by atoms with van der Waals surface area (Å²) in [7, 11) is 0. The Morgan fingerprint density at radius 3 is 2.72 bits per heavy atom. The monoisotopic (exact) mass is 269 g/mol. The predicted molar refractivity (Wildman–Crippen MR) is 74.7 cm³/mol. The van der Waals surface area contributed by atoms with Gasteiger partial charge in [0.05, 0.1) is 0 Å². The van der Waals surface area contributed by atoms with Gasteiger partial charge in [0.15, 0.2) is 0 Å². The molecule has 18 heavy (non-hydrogen) atoms. The summed E-state index contributed by atoms with van der Waals surface area (Å²) in [6.45, 7) is 5.03. The Hall–Kier alpha value is -1.03. The molecule has 0 atom stereocenters. The minimum atomic E-state index is -0.410. The Morgan fingerprint density at radius 2 is 2.11 bits per heavy atom. The van der Waals surface area contributed by atoms with Crippen molar-refractivity contribution >= 4 is 18.5 Å². The maximum atomic E-state index is 13.0. The van der Waals surface area contributed by atoms with Crippen LogP contribution >= 0.6 is 12.6 Å². The molecule has 0 aromatic heterocycles. The number of unbranched alkanes of at least 4 members (excludes halogenated alkanes) is 1. The second-order valence-electron chi connectivity index (χ2n) is 4.81. The summed E-state index contributed by atoms with van der Waals surface area (Å²) < 4.78 is 13.0. The summed E-state index contributed by atoms with van der Waals surface area (Å²) in [5, 5.41) is 2.82. The van der Waals surface area contributed by atoms with E-state index in [1.165, 1.54) is 24.6 Å². The first kappa shape index (κ1) is 15.0. The third-order valence-corrected chi connectivity index (χ3v) is 3.04. The van der Waals surface area contributed by atoms with E-state index in [0.29, 0.717) is 18.0 Å². The molecule has 1 aromatic rings. The second kappa shape index (κ2) is 7.41. The molecule has 0 spiro atoms. The van der Waals surface area contributed by atoms with Crippen LogP contribution in [0.5, 0.6) is 0 Å². The highest BCUT2D eigenvalue weighted by Gasteiger charge is 2.07. The fraction of sp³-hybridized carbons (Fsp3) is 0.500. The van der Waals surface area contributed by atoms with E-state index in [9.17, 15) is 9.18 Å². The summed E-state index contributed by atoms with van der Waals surface area (Å²) in [5.41, 5.74) is 0.449. The lowest BCUT2D eigenvalue weighted by atomic mass is 10.1. The van der Waals surface area contributed by atoms with Crippen LogP contribution in [-0.2, 0) is 0 Å². The molecule has 1 rings (SSSR count). The van der Waals surface area contributed by atoms with Crippen LogP contribution in [0.1, 0.15) is 43.5 Å². The normalized spacial score (nSPS) is 10.7. The lowest BCUT2D eigenvalue weighted by Gasteiger charge is -2.07. The van der Waals surface area contributed by atoms with E-state index in [1.54, 1.807) is 0 Å². The second-order valence-corrected chi connectivity index (χ2v) is 5.29. The zero-order valence-corrected chi connectivity index (χ0v) is 11.8. The number of rotatable bonds is 6. The van der Waals surface area contributed by atoms with Gasteiger partial charge in [0, 0.05) is 17.0 Å². The number of amides is 1. The quantitative estimate of drug-likeness (QED) is 0.599. The van der Waals surface area contributed by atoms with Gasteiger partial charge in [-0.3, -0.25) is 4.79 Å². The molecule has 1 N–H and O–H groups in total. The molecule has 0 aliphatic carbocycles. The van der Waals surface area contributed by atoms with Gasteiger partial charge in [-0.2, -0.15) is 0 Å². The van der Waals surface area contributed by atoms with E-state index >= 15 is 0 Å². The molecule has 1 amide bonds. The van der Waals surface area contributed by atoms with E-state index in [2.05, 4.69) is 31.8 Å². The van der Waals surface area contributed by atoms with Crippen molar-refractivity contribution in [3.05, 3.63) is 29.6 Å². The third kappa shape index (κ3) is 5.08. The third-order valence-electron chi connectivity index (χ3n) is 2.70. The van der Waals surface area contributed by atoms with Gasteiger partial charge in [0.2, 0.25) is 0 Å². The van der Waals surface area contributed by atoms with Crippen LogP contribution < -0.4 is 5.32 Å². The van der Waals surface area contributed by atoms with Gasteiger partial charge in [-0.25, -0.2) is 4.39 Å². The highest BCUT2D eigenvalue weighted by molar-refractivity contribution is 7.80. The molecule has 0 radical (unpaired) electrons. The maximum absolute atomic E-state index is 13.0. The minimum absolute atomic E-state index is 0.171. The van der Waals surface area contributed by atoms with Crippen LogP contribution in [0.25, 0.3) is 0 Å². The van der Waals surface area contributed by atoms with Crippen LogP contribution in [0.2, 0.25) is 0 Å². The molecule has 1 aromatic carbocycles. The number of carbonyl (C=O) groups is 1. The van der Waals surface area contributed by atoms with Crippen molar-refractivity contribution in [3.63, 3.8) is 0 Å². The van der Waals surface area contributed by atoms with Crippen LogP contribution in [-0.4, -0.2) is 12.5 Å². The zero-order valence-electron chi connectivity index (χ0n) is 10.9. The topological polar surface area (TPSA) is 29.1 Å². The molecule has 100 valence electrons. The van der Waals surface area contributed by atoms with Gasteiger partial charge in [-0.05, 0) is 30.5 Å². The average molecular weight is 269 g/mol.